The van der Waals surface area contributed by atoms with E-state index in [-0.39, 0.29) is 18.2 Å². The minimum absolute atomic E-state index is 0.0802. The van der Waals surface area contributed by atoms with Gasteiger partial charge >= 0.3 is 5.97 Å². The number of benzene rings is 2. The lowest BCUT2D eigenvalue weighted by Crippen LogP contribution is -2.14. The molecule has 0 saturated heterocycles. The number of nitrogens with zero attached hydrogens (tertiary/aromatic N) is 2. The van der Waals surface area contributed by atoms with Gasteiger partial charge in [0.25, 0.3) is 0 Å². The van der Waals surface area contributed by atoms with Crippen molar-refractivity contribution in [1.82, 2.24) is 9.55 Å². The van der Waals surface area contributed by atoms with Crippen LogP contribution in [0.4, 0.5) is 4.39 Å². The summed E-state index contributed by atoms with van der Waals surface area (Å²) in [6.07, 6.45) is 6.44. The number of hydrogen-bond donors (Lipinski definition) is 1. The second kappa shape index (κ2) is 10.5. The molecule has 1 fully saturated rings. The van der Waals surface area contributed by atoms with Crippen LogP contribution in [0.5, 0.6) is 0 Å². The van der Waals surface area contributed by atoms with E-state index in [1.165, 1.54) is 18.4 Å². The molecule has 4 aromatic rings. The van der Waals surface area contributed by atoms with Gasteiger partial charge in [-0.15, -0.1) is 0 Å². The quantitative estimate of drug-likeness (QED) is 0.257. The van der Waals surface area contributed by atoms with Gasteiger partial charge in [-0.25, -0.2) is 27.7 Å². The van der Waals surface area contributed by atoms with Gasteiger partial charge in [0.2, 0.25) is 15.9 Å². The maximum absolute atomic E-state index is 14.7. The van der Waals surface area contributed by atoms with Crippen molar-refractivity contribution in [2.45, 2.75) is 37.5 Å². The molecule has 1 aliphatic carbocycles. The second-order valence-corrected chi connectivity index (χ2v) is 11.7. The minimum atomic E-state index is -4.18. The number of oxazole rings is 1. The summed E-state index contributed by atoms with van der Waals surface area (Å²) >= 11 is 3.53. The van der Waals surface area contributed by atoms with E-state index in [9.17, 15) is 17.6 Å². The highest BCUT2D eigenvalue weighted by molar-refractivity contribution is 9.10. The van der Waals surface area contributed by atoms with Gasteiger partial charge in [0.15, 0.2) is 5.69 Å². The Morgan fingerprint density at radius 2 is 2.05 bits per heavy atom. The van der Waals surface area contributed by atoms with E-state index < -0.39 is 26.7 Å². The number of sulfonamides is 1. The van der Waals surface area contributed by atoms with Gasteiger partial charge in [-0.1, -0.05) is 28.1 Å². The highest BCUT2D eigenvalue weighted by Gasteiger charge is 2.29. The first-order valence-corrected chi connectivity index (χ1v) is 14.4. The summed E-state index contributed by atoms with van der Waals surface area (Å²) in [5.74, 6) is -0.689. The van der Waals surface area contributed by atoms with E-state index in [1.807, 2.05) is 35.0 Å². The Balaban J connectivity index is 1.65. The molecule has 1 saturated carbocycles. The number of nitrogens with two attached hydrogens (primary N) is 1. The van der Waals surface area contributed by atoms with Crippen molar-refractivity contribution in [3.05, 3.63) is 87.7 Å². The molecule has 0 spiro atoms. The highest BCUT2D eigenvalue weighted by atomic mass is 79.9. The zero-order valence-electron chi connectivity index (χ0n) is 20.5. The van der Waals surface area contributed by atoms with Gasteiger partial charge in [-0.3, -0.25) is 0 Å². The fraction of sp³-hybridized carbons (Fsp3) is 0.259. The molecule has 0 atom stereocenters. The largest absolute Gasteiger partial charge is 0.461 e. The number of hydrogen-bond acceptors (Lipinski definition) is 6. The Morgan fingerprint density at radius 1 is 1.26 bits per heavy atom. The van der Waals surface area contributed by atoms with Crippen LogP contribution in [-0.4, -0.2) is 30.5 Å². The van der Waals surface area contributed by atoms with Crippen LogP contribution < -0.4 is 5.14 Å². The number of halogens is 2. The van der Waals surface area contributed by atoms with Crippen LogP contribution in [0.25, 0.3) is 17.1 Å². The number of rotatable bonds is 9. The Labute approximate surface area is 227 Å². The molecular weight excluding hydrogens is 577 g/mol. The maximum atomic E-state index is 14.7. The molecule has 0 unspecified atom stereocenters. The van der Waals surface area contributed by atoms with Crippen LogP contribution in [0.2, 0.25) is 0 Å². The van der Waals surface area contributed by atoms with Gasteiger partial charge < -0.3 is 13.7 Å². The van der Waals surface area contributed by atoms with Crippen LogP contribution >= 0.6 is 15.9 Å². The summed E-state index contributed by atoms with van der Waals surface area (Å²) in [5, 5.41) is 5.14. The lowest BCUT2D eigenvalue weighted by atomic mass is 9.99. The summed E-state index contributed by atoms with van der Waals surface area (Å²) < 4.78 is 51.8. The average Bonchev–Trinajstić information content (AvgIpc) is 3.41. The number of carbonyl (C=O) groups excluding carboxylic acids is 1. The second-order valence-electron chi connectivity index (χ2n) is 9.21. The number of esters is 1. The Hall–Kier alpha value is -3.28. The molecule has 0 amide bonds. The van der Waals surface area contributed by atoms with Crippen molar-refractivity contribution in [1.29, 1.82) is 0 Å². The van der Waals surface area contributed by atoms with E-state index in [2.05, 4.69) is 20.9 Å². The number of primary sulfonamides is 1. The van der Waals surface area contributed by atoms with Gasteiger partial charge in [0.05, 0.1) is 12.2 Å². The van der Waals surface area contributed by atoms with Crippen LogP contribution in [0.3, 0.4) is 0 Å². The highest BCUT2D eigenvalue weighted by Crippen LogP contribution is 2.40. The molecule has 2 aromatic carbocycles. The van der Waals surface area contributed by atoms with Crippen LogP contribution in [0.15, 0.2) is 68.7 Å². The van der Waals surface area contributed by atoms with E-state index >= 15 is 0 Å². The zero-order chi connectivity index (χ0) is 27.0. The van der Waals surface area contributed by atoms with Crippen LogP contribution in [0, 0.1) is 11.7 Å². The first-order chi connectivity index (χ1) is 18.1. The SMILES string of the molecule is CCOC(=O)c1coc(-c2cn(-c3cccc(Br)c3)c(Cc3ccc(S(N)(=O)=O)c(F)c3)c2CC2CC2)n1. The molecule has 2 heterocycles. The standard InChI is InChI=1S/C27H25BrFN3O5S/c1-2-36-27(33)23-15-37-26(31-23)21-14-32(19-5-3-4-18(28)13-19)24(20(21)10-16-6-7-16)12-17-8-9-25(22(29)11-17)38(30,34)35/h3-5,8-9,11,13-16H,2,6-7,10,12H2,1H3,(H2,30,34,35). The monoisotopic (exact) mass is 601 g/mol. The van der Waals surface area contributed by atoms with E-state index in [0.29, 0.717) is 17.9 Å². The molecule has 0 radical (unpaired) electrons. The summed E-state index contributed by atoms with van der Waals surface area (Å²) in [6, 6.07) is 11.7. The molecule has 8 nitrogen and oxygen atoms in total. The lowest BCUT2D eigenvalue weighted by molar-refractivity contribution is 0.0519. The molecule has 0 aliphatic heterocycles. The van der Waals surface area contributed by atoms with Crippen molar-refractivity contribution >= 4 is 31.9 Å². The van der Waals surface area contributed by atoms with Crippen molar-refractivity contribution in [3.8, 4) is 17.1 Å². The molecule has 11 heteroatoms. The topological polar surface area (TPSA) is 117 Å². The summed E-state index contributed by atoms with van der Waals surface area (Å²) in [6.45, 7) is 1.94. The number of carbonyl (C=O) groups is 1. The molecular formula is C27H25BrFN3O5S. The van der Waals surface area contributed by atoms with E-state index in [4.69, 9.17) is 14.3 Å². The van der Waals surface area contributed by atoms with Crippen LogP contribution in [0.1, 0.15) is 47.1 Å². The predicted octanol–water partition coefficient (Wildman–Crippen LogP) is 5.40. The molecule has 1 aliphatic rings. The first-order valence-electron chi connectivity index (χ1n) is 12.1. The van der Waals surface area contributed by atoms with Gasteiger partial charge in [-0.05, 0) is 73.6 Å². The minimum Gasteiger partial charge on any atom is -0.461 e. The maximum Gasteiger partial charge on any atom is 0.360 e. The smallest absolute Gasteiger partial charge is 0.360 e. The Kier molecular flexibility index (Phi) is 7.26. The number of aromatic nitrogens is 2. The fourth-order valence-electron chi connectivity index (χ4n) is 4.43. The van der Waals surface area contributed by atoms with E-state index in [0.717, 1.165) is 46.2 Å². The molecule has 2 aromatic heterocycles. The first kappa shape index (κ1) is 26.3. The van der Waals surface area contributed by atoms with Crippen molar-refractivity contribution in [2.24, 2.45) is 11.1 Å². The molecule has 2 N–H and O–H groups in total. The third-order valence-electron chi connectivity index (χ3n) is 6.39. The van der Waals surface area contributed by atoms with E-state index in [1.54, 1.807) is 13.0 Å². The predicted molar refractivity (Wildman–Crippen MR) is 142 cm³/mol. The van der Waals surface area contributed by atoms with Crippen LogP contribution in [-0.2, 0) is 27.6 Å². The summed E-state index contributed by atoms with van der Waals surface area (Å²) in [4.78, 5) is 16.1. The van der Waals surface area contributed by atoms with Crippen molar-refractivity contribution < 1.29 is 26.8 Å². The zero-order valence-corrected chi connectivity index (χ0v) is 22.9. The third kappa shape index (κ3) is 5.59. The normalized spacial score (nSPS) is 13.6. The Morgan fingerprint density at radius 3 is 2.71 bits per heavy atom. The van der Waals surface area contributed by atoms with Gasteiger partial charge in [0, 0.05) is 28.5 Å². The molecule has 38 heavy (non-hydrogen) atoms. The Bertz CT molecular complexity index is 1630. The fourth-order valence-corrected chi connectivity index (χ4v) is 5.41. The van der Waals surface area contributed by atoms with Gasteiger partial charge in [0.1, 0.15) is 17.0 Å². The van der Waals surface area contributed by atoms with Crippen molar-refractivity contribution in [3.63, 3.8) is 0 Å². The molecule has 198 valence electrons. The van der Waals surface area contributed by atoms with Gasteiger partial charge in [-0.2, -0.15) is 0 Å². The average molecular weight is 602 g/mol. The molecule has 0 bridgehead atoms. The third-order valence-corrected chi connectivity index (χ3v) is 7.83. The number of ether oxygens (including phenoxy) is 1. The lowest BCUT2D eigenvalue weighted by Gasteiger charge is -2.13. The summed E-state index contributed by atoms with van der Waals surface area (Å²) in [5.41, 5.74) is 4.09. The van der Waals surface area contributed by atoms with Crippen molar-refractivity contribution in [2.75, 3.05) is 6.61 Å². The summed E-state index contributed by atoms with van der Waals surface area (Å²) in [7, 11) is -4.18. The molecule has 5 rings (SSSR count).